The van der Waals surface area contributed by atoms with Gasteiger partial charge >= 0.3 is 0 Å². The molecule has 1 aromatic heterocycles. The summed E-state index contributed by atoms with van der Waals surface area (Å²) in [5.74, 6) is 1.92. The molecule has 0 radical (unpaired) electrons. The number of rotatable bonds is 6. The highest BCUT2D eigenvalue weighted by Crippen LogP contribution is 2.20. The van der Waals surface area contributed by atoms with Gasteiger partial charge in [-0.25, -0.2) is 4.98 Å². The van der Waals surface area contributed by atoms with Crippen LogP contribution in [0.2, 0.25) is 0 Å². The van der Waals surface area contributed by atoms with Gasteiger partial charge in [-0.15, -0.1) is 0 Å². The van der Waals surface area contributed by atoms with E-state index in [9.17, 15) is 4.79 Å². The van der Waals surface area contributed by atoms with E-state index in [1.165, 1.54) is 17.0 Å². The van der Waals surface area contributed by atoms with Crippen LogP contribution in [0.1, 0.15) is 36.7 Å². The smallest absolute Gasteiger partial charge is 0.238 e. The second kappa shape index (κ2) is 8.49. The first-order chi connectivity index (χ1) is 12.5. The van der Waals surface area contributed by atoms with Gasteiger partial charge in [-0.2, -0.15) is 0 Å². The molecule has 1 amide bonds. The molecule has 26 heavy (non-hydrogen) atoms. The second-order valence-corrected chi connectivity index (χ2v) is 7.49. The summed E-state index contributed by atoms with van der Waals surface area (Å²) >= 11 is 0. The lowest BCUT2D eigenvalue weighted by Crippen LogP contribution is -2.40. The lowest BCUT2D eigenvalue weighted by Gasteiger charge is -2.31. The minimum absolute atomic E-state index is 0.0799. The average molecular weight is 354 g/mol. The number of likely N-dealkylation sites (tertiary alicyclic amines) is 1. The van der Waals surface area contributed by atoms with E-state index in [0.717, 1.165) is 44.6 Å². The first-order valence-electron chi connectivity index (χ1n) is 9.64. The number of hydrogen-bond donors (Lipinski definition) is 1. The third-order valence-electron chi connectivity index (χ3n) is 5.15. The van der Waals surface area contributed by atoms with E-state index in [2.05, 4.69) is 52.8 Å². The summed E-state index contributed by atoms with van der Waals surface area (Å²) in [6, 6.07) is 6.16. The number of imidazole rings is 1. The number of piperidine rings is 1. The van der Waals surface area contributed by atoms with Gasteiger partial charge in [0.25, 0.3) is 0 Å². The fraction of sp³-hybridized carbons (Fsp3) is 0.524. The number of nitrogens with one attached hydrogen (secondary N) is 1. The second-order valence-electron chi connectivity index (χ2n) is 7.49. The molecule has 3 rings (SSSR count). The number of aryl methyl sites for hydroxylation is 3. The van der Waals surface area contributed by atoms with Gasteiger partial charge in [0.05, 0.1) is 6.54 Å². The molecular formula is C21H30N4O. The quantitative estimate of drug-likeness (QED) is 0.865. The Morgan fingerprint density at radius 3 is 2.54 bits per heavy atom. The van der Waals surface area contributed by atoms with Crippen molar-refractivity contribution in [2.24, 2.45) is 5.92 Å². The SMILES string of the molecule is CCc1nccn1CC1CCN(CC(=O)Nc2cc(C)cc(C)c2)CC1. The minimum atomic E-state index is 0.0799. The molecule has 140 valence electrons. The Bertz CT molecular complexity index is 724. The molecule has 0 saturated carbocycles. The molecule has 1 aliphatic heterocycles. The maximum absolute atomic E-state index is 12.4. The van der Waals surface area contributed by atoms with Crippen LogP contribution in [0.3, 0.4) is 0 Å². The first kappa shape index (κ1) is 18.6. The number of benzene rings is 1. The van der Waals surface area contributed by atoms with Crippen molar-refractivity contribution in [3.8, 4) is 0 Å². The summed E-state index contributed by atoms with van der Waals surface area (Å²) in [6.45, 7) is 9.75. The van der Waals surface area contributed by atoms with Gasteiger partial charge in [0.15, 0.2) is 0 Å². The van der Waals surface area contributed by atoms with E-state index < -0.39 is 0 Å². The lowest BCUT2D eigenvalue weighted by molar-refractivity contribution is -0.117. The van der Waals surface area contributed by atoms with Crippen molar-refractivity contribution < 1.29 is 4.79 Å². The molecule has 0 bridgehead atoms. The van der Waals surface area contributed by atoms with Gasteiger partial charge < -0.3 is 9.88 Å². The predicted octanol–water partition coefficient (Wildman–Crippen LogP) is 3.41. The number of carbonyl (C=O) groups is 1. The van der Waals surface area contributed by atoms with E-state index in [0.29, 0.717) is 12.5 Å². The molecule has 0 atom stereocenters. The van der Waals surface area contributed by atoms with Crippen molar-refractivity contribution in [2.75, 3.05) is 25.0 Å². The van der Waals surface area contributed by atoms with Crippen LogP contribution in [0.15, 0.2) is 30.6 Å². The molecule has 0 unspecified atom stereocenters. The summed E-state index contributed by atoms with van der Waals surface area (Å²) in [5.41, 5.74) is 3.24. The van der Waals surface area contributed by atoms with Gasteiger partial charge in [0.2, 0.25) is 5.91 Å². The lowest BCUT2D eigenvalue weighted by atomic mass is 9.96. The molecule has 1 fully saturated rings. The van der Waals surface area contributed by atoms with Gasteiger partial charge in [-0.1, -0.05) is 13.0 Å². The zero-order chi connectivity index (χ0) is 18.5. The van der Waals surface area contributed by atoms with Crippen molar-refractivity contribution in [2.45, 2.75) is 46.6 Å². The molecule has 1 N–H and O–H groups in total. The predicted molar refractivity (Wildman–Crippen MR) is 105 cm³/mol. The normalized spacial score (nSPS) is 16.0. The fourth-order valence-electron chi connectivity index (χ4n) is 3.88. The maximum Gasteiger partial charge on any atom is 0.238 e. The van der Waals surface area contributed by atoms with Gasteiger partial charge in [0, 0.05) is 31.0 Å². The van der Waals surface area contributed by atoms with Crippen molar-refractivity contribution >= 4 is 11.6 Å². The highest BCUT2D eigenvalue weighted by Gasteiger charge is 2.21. The number of nitrogens with zero attached hydrogens (tertiary/aromatic N) is 3. The van der Waals surface area contributed by atoms with Crippen LogP contribution in [0.25, 0.3) is 0 Å². The Morgan fingerprint density at radius 2 is 1.88 bits per heavy atom. The molecule has 0 aliphatic carbocycles. The van der Waals surface area contributed by atoms with E-state index in [1.807, 2.05) is 18.3 Å². The van der Waals surface area contributed by atoms with Crippen LogP contribution in [0, 0.1) is 19.8 Å². The molecule has 1 aromatic carbocycles. The monoisotopic (exact) mass is 354 g/mol. The minimum Gasteiger partial charge on any atom is -0.335 e. The topological polar surface area (TPSA) is 50.2 Å². The number of hydrogen-bond acceptors (Lipinski definition) is 3. The Balaban J connectivity index is 1.45. The van der Waals surface area contributed by atoms with Gasteiger partial charge in [0.1, 0.15) is 5.82 Å². The summed E-state index contributed by atoms with van der Waals surface area (Å²) in [7, 11) is 0. The number of aromatic nitrogens is 2. The van der Waals surface area contributed by atoms with Crippen LogP contribution in [0.5, 0.6) is 0 Å². The van der Waals surface area contributed by atoms with Crippen LogP contribution < -0.4 is 5.32 Å². The Kier molecular flexibility index (Phi) is 6.09. The third-order valence-corrected chi connectivity index (χ3v) is 5.15. The van der Waals surface area contributed by atoms with E-state index in [1.54, 1.807) is 0 Å². The van der Waals surface area contributed by atoms with Crippen LogP contribution in [-0.4, -0.2) is 40.0 Å². The van der Waals surface area contributed by atoms with Crippen molar-refractivity contribution in [3.05, 3.63) is 47.5 Å². The van der Waals surface area contributed by atoms with E-state index in [4.69, 9.17) is 0 Å². The largest absolute Gasteiger partial charge is 0.335 e. The van der Waals surface area contributed by atoms with Crippen LogP contribution in [0.4, 0.5) is 5.69 Å². The van der Waals surface area contributed by atoms with Crippen LogP contribution in [-0.2, 0) is 17.8 Å². The maximum atomic E-state index is 12.4. The summed E-state index contributed by atoms with van der Waals surface area (Å²) in [6.07, 6.45) is 7.23. The summed E-state index contributed by atoms with van der Waals surface area (Å²) in [5, 5.41) is 3.04. The van der Waals surface area contributed by atoms with Crippen molar-refractivity contribution in [1.82, 2.24) is 14.5 Å². The number of amides is 1. The fourth-order valence-corrected chi connectivity index (χ4v) is 3.88. The number of carbonyl (C=O) groups excluding carboxylic acids is 1. The first-order valence-corrected chi connectivity index (χ1v) is 9.64. The van der Waals surface area contributed by atoms with E-state index >= 15 is 0 Å². The molecule has 2 aromatic rings. The molecule has 2 heterocycles. The van der Waals surface area contributed by atoms with Gasteiger partial charge in [-0.05, 0) is 69.0 Å². The van der Waals surface area contributed by atoms with Crippen LogP contribution >= 0.6 is 0 Å². The van der Waals surface area contributed by atoms with Crippen molar-refractivity contribution in [1.29, 1.82) is 0 Å². The zero-order valence-electron chi connectivity index (χ0n) is 16.2. The summed E-state index contributed by atoms with van der Waals surface area (Å²) in [4.78, 5) is 19.0. The molecule has 5 heteroatoms. The highest BCUT2D eigenvalue weighted by atomic mass is 16.2. The average Bonchev–Trinajstić information content (AvgIpc) is 3.02. The zero-order valence-corrected chi connectivity index (χ0v) is 16.2. The molecule has 5 nitrogen and oxygen atoms in total. The Labute approximate surface area is 156 Å². The van der Waals surface area contributed by atoms with E-state index in [-0.39, 0.29) is 5.91 Å². The van der Waals surface area contributed by atoms with Crippen molar-refractivity contribution in [3.63, 3.8) is 0 Å². The summed E-state index contributed by atoms with van der Waals surface area (Å²) < 4.78 is 2.28. The van der Waals surface area contributed by atoms with Gasteiger partial charge in [-0.3, -0.25) is 9.69 Å². The molecule has 1 saturated heterocycles. The Morgan fingerprint density at radius 1 is 1.19 bits per heavy atom. The third kappa shape index (κ3) is 4.94. The highest BCUT2D eigenvalue weighted by molar-refractivity contribution is 5.92. The molecule has 0 spiro atoms. The Hall–Kier alpha value is -2.14. The molecule has 1 aliphatic rings. The number of anilines is 1. The molecular weight excluding hydrogens is 324 g/mol. The standard InChI is InChI=1S/C21H30N4O/c1-4-20-22-7-10-25(20)14-18-5-8-24(9-6-18)15-21(26)23-19-12-16(2)11-17(3)13-19/h7,10-13,18H,4-6,8-9,14-15H2,1-3H3,(H,23,26).